The Balaban J connectivity index is 2.76. The molecule has 0 aromatic rings. The highest BCUT2D eigenvalue weighted by molar-refractivity contribution is 7.18. The van der Waals surface area contributed by atoms with Crippen LogP contribution in [0.5, 0.6) is 0 Å². The van der Waals surface area contributed by atoms with Crippen LogP contribution in [0.4, 0.5) is 4.39 Å². The molecule has 1 aliphatic heterocycles. The van der Waals surface area contributed by atoms with Crippen LogP contribution < -0.4 is 5.32 Å². The van der Waals surface area contributed by atoms with Crippen molar-refractivity contribution in [2.75, 3.05) is 0 Å². The van der Waals surface area contributed by atoms with Crippen molar-refractivity contribution < 1.29 is 9.50 Å². The zero-order valence-electron chi connectivity index (χ0n) is 8.71. The number of allylic oxidation sites excluding steroid dienone is 2. The van der Waals surface area contributed by atoms with Gasteiger partial charge >= 0.3 is 0 Å². The molecular formula is C10H17FNOP. The maximum Gasteiger partial charge on any atom is 0.148 e. The second kappa shape index (κ2) is 4.00. The average molecular weight is 217 g/mol. The molecular weight excluding hydrogens is 200 g/mol. The molecule has 2 N–H and O–H groups in total. The molecule has 0 saturated heterocycles. The summed E-state index contributed by atoms with van der Waals surface area (Å²) in [5.41, 5.74) is 2.18. The lowest BCUT2D eigenvalue weighted by Gasteiger charge is -2.30. The number of hydrogen-bond donors (Lipinski definition) is 2. The minimum Gasteiger partial charge on any atom is -0.387 e. The Kier molecular flexibility index (Phi) is 3.33. The summed E-state index contributed by atoms with van der Waals surface area (Å²) in [5, 5.41) is 11.0. The van der Waals surface area contributed by atoms with Gasteiger partial charge in [-0.1, -0.05) is 15.3 Å². The molecule has 1 heterocycles. The lowest BCUT2D eigenvalue weighted by Crippen LogP contribution is -2.46. The van der Waals surface area contributed by atoms with Crippen LogP contribution in [0, 0.1) is 0 Å². The van der Waals surface area contributed by atoms with E-state index in [1.165, 1.54) is 6.92 Å². The monoisotopic (exact) mass is 217 g/mol. The molecule has 14 heavy (non-hydrogen) atoms. The molecule has 0 aromatic heterocycles. The highest BCUT2D eigenvalue weighted by Gasteiger charge is 2.33. The number of aliphatic hydroxyl groups excluding tert-OH is 1. The summed E-state index contributed by atoms with van der Waals surface area (Å²) in [5.74, 6) is 0. The topological polar surface area (TPSA) is 32.3 Å². The smallest absolute Gasteiger partial charge is 0.148 e. The van der Waals surface area contributed by atoms with Crippen LogP contribution in [0.3, 0.4) is 0 Å². The predicted molar refractivity (Wildman–Crippen MR) is 59.7 cm³/mol. The summed E-state index contributed by atoms with van der Waals surface area (Å²) in [6.45, 7) is 5.26. The van der Waals surface area contributed by atoms with Crippen molar-refractivity contribution in [1.82, 2.24) is 5.32 Å². The third kappa shape index (κ3) is 2.55. The first kappa shape index (κ1) is 11.7. The summed E-state index contributed by atoms with van der Waals surface area (Å²) in [4.78, 5) is 0. The average Bonchev–Trinajstić information content (AvgIpc) is 2.07. The van der Waals surface area contributed by atoms with Crippen LogP contribution in [0.2, 0.25) is 0 Å². The highest BCUT2D eigenvalue weighted by Crippen LogP contribution is 2.28. The molecule has 0 saturated carbocycles. The lowest BCUT2D eigenvalue weighted by atomic mass is 9.98. The van der Waals surface area contributed by atoms with Crippen LogP contribution in [0.15, 0.2) is 23.4 Å². The molecule has 80 valence electrons. The van der Waals surface area contributed by atoms with Crippen molar-refractivity contribution in [1.29, 1.82) is 0 Å². The molecule has 1 aliphatic rings. The van der Waals surface area contributed by atoms with Crippen molar-refractivity contribution >= 4 is 9.24 Å². The van der Waals surface area contributed by atoms with E-state index < -0.39 is 11.5 Å². The minimum absolute atomic E-state index is 0.355. The van der Waals surface area contributed by atoms with Crippen molar-refractivity contribution in [3.63, 3.8) is 0 Å². The van der Waals surface area contributed by atoms with E-state index in [1.807, 2.05) is 29.2 Å². The molecule has 0 spiro atoms. The van der Waals surface area contributed by atoms with Crippen molar-refractivity contribution in [3.8, 4) is 0 Å². The SMILES string of the molecule is CC1=CNC(C(O)C(C)(F)P)C=C1C. The first-order valence-electron chi connectivity index (χ1n) is 4.60. The second-order valence-corrected chi connectivity index (χ2v) is 5.09. The van der Waals surface area contributed by atoms with Gasteiger partial charge in [0.25, 0.3) is 0 Å². The first-order chi connectivity index (χ1) is 6.32. The summed E-state index contributed by atoms with van der Waals surface area (Å²) in [7, 11) is 2.02. The molecule has 2 nitrogen and oxygen atoms in total. The van der Waals surface area contributed by atoms with Gasteiger partial charge in [-0.2, -0.15) is 0 Å². The maximum absolute atomic E-state index is 13.4. The highest BCUT2D eigenvalue weighted by atomic mass is 31.0. The standard InChI is InChI=1S/C10H17FNOP/c1-6-4-8(12-5-7(6)2)9(13)10(3,11)14/h4-5,8-9,12-13H,14H2,1-3H3. The normalized spacial score (nSPS) is 28.3. The summed E-state index contributed by atoms with van der Waals surface area (Å²) < 4.78 is 13.4. The Hall–Kier alpha value is -0.400. The molecule has 0 aromatic carbocycles. The third-order valence-corrected chi connectivity index (χ3v) is 2.80. The largest absolute Gasteiger partial charge is 0.387 e. The number of aliphatic hydroxyl groups is 1. The predicted octanol–water partition coefficient (Wildman–Crippen LogP) is 1.73. The lowest BCUT2D eigenvalue weighted by molar-refractivity contribution is 0.0494. The molecule has 4 atom stereocenters. The van der Waals surface area contributed by atoms with Gasteiger partial charge in [-0.05, 0) is 31.9 Å². The number of hydrogen-bond acceptors (Lipinski definition) is 2. The fourth-order valence-electron chi connectivity index (χ4n) is 1.32. The minimum atomic E-state index is -1.67. The van der Waals surface area contributed by atoms with Gasteiger partial charge in [0.05, 0.1) is 6.04 Å². The van der Waals surface area contributed by atoms with E-state index in [0.717, 1.165) is 11.1 Å². The second-order valence-electron chi connectivity index (χ2n) is 3.97. The van der Waals surface area contributed by atoms with E-state index in [-0.39, 0.29) is 6.04 Å². The number of nitrogens with one attached hydrogen (secondary N) is 1. The van der Waals surface area contributed by atoms with E-state index in [4.69, 9.17) is 0 Å². The number of rotatable bonds is 2. The Labute approximate surface area is 86.5 Å². The number of halogens is 1. The summed E-state index contributed by atoms with van der Waals surface area (Å²) >= 11 is 0. The van der Waals surface area contributed by atoms with Gasteiger partial charge in [-0.15, -0.1) is 0 Å². The van der Waals surface area contributed by atoms with Gasteiger partial charge in [0.15, 0.2) is 0 Å². The van der Waals surface area contributed by atoms with Gasteiger partial charge in [-0.3, -0.25) is 0 Å². The fraction of sp³-hybridized carbons (Fsp3) is 0.600. The van der Waals surface area contributed by atoms with E-state index in [1.54, 1.807) is 6.20 Å². The van der Waals surface area contributed by atoms with Crippen molar-refractivity contribution in [3.05, 3.63) is 23.4 Å². The molecule has 0 bridgehead atoms. The first-order valence-corrected chi connectivity index (χ1v) is 5.17. The third-order valence-electron chi connectivity index (χ3n) is 2.46. The molecule has 0 fully saturated rings. The Morgan fingerprint density at radius 1 is 1.57 bits per heavy atom. The van der Waals surface area contributed by atoms with Crippen LogP contribution in [-0.4, -0.2) is 22.7 Å². The van der Waals surface area contributed by atoms with Gasteiger partial charge < -0.3 is 10.4 Å². The summed E-state index contributed by atoms with van der Waals surface area (Å²) in [6.07, 6.45) is 2.59. The van der Waals surface area contributed by atoms with E-state index >= 15 is 0 Å². The van der Waals surface area contributed by atoms with Crippen LogP contribution in [0.1, 0.15) is 20.8 Å². The van der Waals surface area contributed by atoms with Gasteiger partial charge in [-0.25, -0.2) is 4.39 Å². The zero-order valence-corrected chi connectivity index (χ0v) is 9.87. The molecule has 0 aliphatic carbocycles. The molecule has 1 rings (SSSR count). The fourth-order valence-corrected chi connectivity index (χ4v) is 1.52. The van der Waals surface area contributed by atoms with Crippen LogP contribution >= 0.6 is 9.24 Å². The molecule has 4 heteroatoms. The van der Waals surface area contributed by atoms with Crippen LogP contribution in [-0.2, 0) is 0 Å². The Morgan fingerprint density at radius 3 is 2.57 bits per heavy atom. The van der Waals surface area contributed by atoms with Gasteiger partial charge in [0, 0.05) is 6.20 Å². The van der Waals surface area contributed by atoms with E-state index in [9.17, 15) is 9.50 Å². The quantitative estimate of drug-likeness (QED) is 0.690. The summed E-state index contributed by atoms with van der Waals surface area (Å²) in [6, 6.07) is -0.355. The number of dihydropyridines is 1. The maximum atomic E-state index is 13.4. The molecule has 0 amide bonds. The Morgan fingerprint density at radius 2 is 2.14 bits per heavy atom. The Bertz CT molecular complexity index is 280. The van der Waals surface area contributed by atoms with Crippen LogP contribution in [0.25, 0.3) is 0 Å². The molecule has 0 radical (unpaired) electrons. The molecule has 4 unspecified atom stereocenters. The van der Waals surface area contributed by atoms with E-state index in [2.05, 4.69) is 5.32 Å². The number of alkyl halides is 1. The zero-order chi connectivity index (χ0) is 10.9. The van der Waals surface area contributed by atoms with E-state index in [0.29, 0.717) is 0 Å². The van der Waals surface area contributed by atoms with Gasteiger partial charge in [0.1, 0.15) is 11.5 Å². The van der Waals surface area contributed by atoms with Crippen molar-refractivity contribution in [2.24, 2.45) is 0 Å². The van der Waals surface area contributed by atoms with Gasteiger partial charge in [0.2, 0.25) is 0 Å². The van der Waals surface area contributed by atoms with Crippen molar-refractivity contribution in [2.45, 2.75) is 38.3 Å².